The number of fused-ring (bicyclic) bond motifs is 1. The van der Waals surface area contributed by atoms with Crippen molar-refractivity contribution in [1.29, 1.82) is 0 Å². The van der Waals surface area contributed by atoms with E-state index in [-0.39, 0.29) is 28.7 Å². The highest BCUT2D eigenvalue weighted by atomic mass is 79.9. The molecule has 5 nitrogen and oxygen atoms in total. The Morgan fingerprint density at radius 3 is 2.71 bits per heavy atom. The summed E-state index contributed by atoms with van der Waals surface area (Å²) in [6.45, 7) is 2.04. The van der Waals surface area contributed by atoms with E-state index in [1.807, 2.05) is 36.1 Å². The van der Waals surface area contributed by atoms with E-state index < -0.39 is 9.84 Å². The predicted molar refractivity (Wildman–Crippen MR) is 102 cm³/mol. The van der Waals surface area contributed by atoms with Gasteiger partial charge in [-0.2, -0.15) is 4.99 Å². The maximum atomic E-state index is 12.1. The summed E-state index contributed by atoms with van der Waals surface area (Å²) in [6.07, 6.45) is 2.20. The maximum absolute atomic E-state index is 12.1. The van der Waals surface area contributed by atoms with Crippen molar-refractivity contribution < 1.29 is 13.2 Å². The van der Waals surface area contributed by atoms with Gasteiger partial charge < -0.3 is 4.90 Å². The Kier molecular flexibility index (Phi) is 5.36. The molecule has 3 rings (SSSR count). The number of sulfone groups is 1. The highest BCUT2D eigenvalue weighted by Crippen LogP contribution is 2.41. The zero-order chi connectivity index (χ0) is 17.3. The highest BCUT2D eigenvalue weighted by molar-refractivity contribution is 9.10. The molecule has 0 aromatic heterocycles. The number of halogens is 1. The summed E-state index contributed by atoms with van der Waals surface area (Å²) in [5, 5.41) is 0.569. The molecule has 1 aromatic carbocycles. The largest absolute Gasteiger partial charge is 0.316 e. The molecular formula is C16H19BrN2O3S2. The van der Waals surface area contributed by atoms with E-state index in [1.54, 1.807) is 0 Å². The maximum Gasteiger partial charge on any atom is 0.248 e. The molecule has 8 heteroatoms. The van der Waals surface area contributed by atoms with E-state index in [4.69, 9.17) is 0 Å². The van der Waals surface area contributed by atoms with Gasteiger partial charge in [0, 0.05) is 21.8 Å². The van der Waals surface area contributed by atoms with E-state index >= 15 is 0 Å². The number of amidine groups is 1. The number of aliphatic imine (C=N–C) groups is 1. The molecule has 0 N–H and O–H groups in total. The molecular weight excluding hydrogens is 412 g/mol. The van der Waals surface area contributed by atoms with Gasteiger partial charge in [0.25, 0.3) is 0 Å². The normalized spacial score (nSPS) is 26.8. The summed E-state index contributed by atoms with van der Waals surface area (Å²) in [5.74, 6) is 0.129. The molecule has 0 bridgehead atoms. The van der Waals surface area contributed by atoms with Gasteiger partial charge in [-0.05, 0) is 30.7 Å². The van der Waals surface area contributed by atoms with Gasteiger partial charge in [0.05, 0.1) is 17.5 Å². The van der Waals surface area contributed by atoms with Crippen LogP contribution in [0, 0.1) is 0 Å². The third-order valence-electron chi connectivity index (χ3n) is 4.14. The van der Waals surface area contributed by atoms with E-state index in [0.717, 1.165) is 23.0 Å². The van der Waals surface area contributed by atoms with Crippen LogP contribution in [0.1, 0.15) is 26.2 Å². The molecule has 2 unspecified atom stereocenters. The van der Waals surface area contributed by atoms with Gasteiger partial charge in [-0.15, -0.1) is 0 Å². The van der Waals surface area contributed by atoms with Gasteiger partial charge in [0.2, 0.25) is 5.91 Å². The summed E-state index contributed by atoms with van der Waals surface area (Å²) in [5.41, 5.74) is 0.873. The molecule has 2 atom stereocenters. The van der Waals surface area contributed by atoms with Crippen molar-refractivity contribution in [2.45, 2.75) is 37.5 Å². The lowest BCUT2D eigenvalue weighted by atomic mass is 10.2. The van der Waals surface area contributed by atoms with Gasteiger partial charge >= 0.3 is 0 Å². The average molecular weight is 431 g/mol. The van der Waals surface area contributed by atoms with Crippen molar-refractivity contribution in [3.63, 3.8) is 0 Å². The quantitative estimate of drug-likeness (QED) is 0.733. The predicted octanol–water partition coefficient (Wildman–Crippen LogP) is 3.24. The minimum absolute atomic E-state index is 0.0589. The zero-order valence-electron chi connectivity index (χ0n) is 13.3. The van der Waals surface area contributed by atoms with Gasteiger partial charge in [0.1, 0.15) is 0 Å². The molecule has 2 aliphatic rings. The second-order valence-corrected chi connectivity index (χ2v) is 10.3. The SMILES string of the molecule is CCCCC(=O)N=C1SC2CS(=O)(=O)CC2N1c1ccc(Br)cc1. The summed E-state index contributed by atoms with van der Waals surface area (Å²) in [4.78, 5) is 18.3. The van der Waals surface area contributed by atoms with E-state index in [1.165, 1.54) is 11.8 Å². The molecule has 0 spiro atoms. The Morgan fingerprint density at radius 1 is 1.33 bits per heavy atom. The third kappa shape index (κ3) is 3.86. The summed E-state index contributed by atoms with van der Waals surface area (Å²) < 4.78 is 24.9. The lowest BCUT2D eigenvalue weighted by Gasteiger charge is -2.24. The monoisotopic (exact) mass is 430 g/mol. The van der Waals surface area contributed by atoms with Gasteiger partial charge in [-0.3, -0.25) is 4.79 Å². The number of carbonyl (C=O) groups is 1. The van der Waals surface area contributed by atoms with Gasteiger partial charge in [-0.25, -0.2) is 8.42 Å². The summed E-state index contributed by atoms with van der Waals surface area (Å²) in [7, 11) is -3.03. The van der Waals surface area contributed by atoms with Crippen molar-refractivity contribution in [3.05, 3.63) is 28.7 Å². The average Bonchev–Trinajstić information content (AvgIpc) is 2.97. The molecule has 2 fully saturated rings. The molecule has 0 saturated carbocycles. The first kappa shape index (κ1) is 17.9. The van der Waals surface area contributed by atoms with Crippen molar-refractivity contribution >= 4 is 54.3 Å². The minimum atomic E-state index is -3.03. The lowest BCUT2D eigenvalue weighted by molar-refractivity contribution is -0.117. The van der Waals surface area contributed by atoms with E-state index in [0.29, 0.717) is 11.6 Å². The van der Waals surface area contributed by atoms with Crippen molar-refractivity contribution in [3.8, 4) is 0 Å². The second kappa shape index (κ2) is 7.17. The van der Waals surface area contributed by atoms with Gasteiger partial charge in [0.15, 0.2) is 15.0 Å². The number of anilines is 1. The Labute approximate surface area is 155 Å². The molecule has 130 valence electrons. The number of rotatable bonds is 4. The van der Waals surface area contributed by atoms with Crippen LogP contribution in [-0.4, -0.2) is 42.3 Å². The fourth-order valence-corrected chi connectivity index (χ4v) is 7.15. The van der Waals surface area contributed by atoms with Crippen LogP contribution in [-0.2, 0) is 14.6 Å². The summed E-state index contributed by atoms with van der Waals surface area (Å²) in [6, 6.07) is 7.51. The molecule has 1 amide bonds. The number of unbranched alkanes of at least 4 members (excludes halogenated alkanes) is 1. The third-order valence-corrected chi connectivity index (χ3v) is 7.87. The topological polar surface area (TPSA) is 66.8 Å². The van der Waals surface area contributed by atoms with Crippen LogP contribution in [0.5, 0.6) is 0 Å². The van der Waals surface area contributed by atoms with Crippen LogP contribution in [0.25, 0.3) is 0 Å². The Morgan fingerprint density at radius 2 is 2.04 bits per heavy atom. The number of amides is 1. The minimum Gasteiger partial charge on any atom is -0.316 e. The van der Waals surface area contributed by atoms with Crippen LogP contribution in [0.4, 0.5) is 5.69 Å². The van der Waals surface area contributed by atoms with Crippen LogP contribution < -0.4 is 4.90 Å². The Hall–Kier alpha value is -0.860. The van der Waals surface area contributed by atoms with Gasteiger partial charge in [-0.1, -0.05) is 41.0 Å². The molecule has 24 heavy (non-hydrogen) atoms. The number of nitrogens with zero attached hydrogens (tertiary/aromatic N) is 2. The fourth-order valence-electron chi connectivity index (χ4n) is 2.96. The Balaban J connectivity index is 1.92. The number of thioether (sulfide) groups is 1. The van der Waals surface area contributed by atoms with E-state index in [2.05, 4.69) is 20.9 Å². The van der Waals surface area contributed by atoms with Crippen LogP contribution in [0.2, 0.25) is 0 Å². The smallest absolute Gasteiger partial charge is 0.248 e. The second-order valence-electron chi connectivity index (χ2n) is 6.04. The molecule has 2 aliphatic heterocycles. The number of hydrogen-bond donors (Lipinski definition) is 0. The highest BCUT2D eigenvalue weighted by Gasteiger charge is 2.49. The summed E-state index contributed by atoms with van der Waals surface area (Å²) >= 11 is 4.83. The molecule has 0 aliphatic carbocycles. The first-order valence-electron chi connectivity index (χ1n) is 7.93. The zero-order valence-corrected chi connectivity index (χ0v) is 16.5. The number of hydrogen-bond acceptors (Lipinski definition) is 4. The molecule has 2 heterocycles. The first-order valence-corrected chi connectivity index (χ1v) is 11.4. The van der Waals surface area contributed by atoms with Crippen molar-refractivity contribution in [2.75, 3.05) is 16.4 Å². The number of carbonyl (C=O) groups excluding carboxylic acids is 1. The first-order chi connectivity index (χ1) is 11.4. The van der Waals surface area contributed by atoms with Crippen LogP contribution in [0.15, 0.2) is 33.7 Å². The van der Waals surface area contributed by atoms with Crippen molar-refractivity contribution in [1.82, 2.24) is 0 Å². The molecule has 1 aromatic rings. The van der Waals surface area contributed by atoms with Crippen molar-refractivity contribution in [2.24, 2.45) is 4.99 Å². The molecule has 2 saturated heterocycles. The number of benzene rings is 1. The van der Waals surface area contributed by atoms with Crippen LogP contribution >= 0.6 is 27.7 Å². The fraction of sp³-hybridized carbons (Fsp3) is 0.500. The van der Waals surface area contributed by atoms with Crippen LogP contribution in [0.3, 0.4) is 0 Å². The van der Waals surface area contributed by atoms with E-state index in [9.17, 15) is 13.2 Å². The standard InChI is InChI=1S/C16H19BrN2O3S2/c1-2-3-4-15(20)18-16-19(12-7-5-11(17)6-8-12)13-9-24(21,22)10-14(13)23-16/h5-8,13-14H,2-4,9-10H2,1H3. The lowest BCUT2D eigenvalue weighted by Crippen LogP contribution is -2.37. The Bertz CT molecular complexity index is 762. The molecule has 0 radical (unpaired) electrons.